The number of ether oxygens (including phenoxy) is 1. The molecule has 1 fully saturated rings. The molecule has 6 heteroatoms. The minimum atomic E-state index is -0.376. The molecule has 0 aromatic heterocycles. The van der Waals surface area contributed by atoms with E-state index in [1.54, 1.807) is 0 Å². The zero-order valence-electron chi connectivity index (χ0n) is 11.8. The molecule has 1 aromatic rings. The third-order valence-corrected chi connectivity index (χ3v) is 3.84. The van der Waals surface area contributed by atoms with Gasteiger partial charge in [0.15, 0.2) is 0 Å². The summed E-state index contributed by atoms with van der Waals surface area (Å²) >= 11 is 6.27. The molecule has 2 rings (SSSR count). The Morgan fingerprint density at radius 2 is 2.35 bits per heavy atom. The highest BCUT2D eigenvalue weighted by Crippen LogP contribution is 2.30. The van der Waals surface area contributed by atoms with Crippen LogP contribution in [0, 0.1) is 0 Å². The number of amides is 1. The van der Waals surface area contributed by atoms with Crippen LogP contribution in [0.4, 0.5) is 10.5 Å². The molecule has 1 aromatic carbocycles. The van der Waals surface area contributed by atoms with Crippen molar-refractivity contribution in [3.8, 4) is 0 Å². The molecule has 1 heterocycles. The smallest absolute Gasteiger partial charge is 0.407 e. The molecule has 1 unspecified atom stereocenters. The lowest BCUT2D eigenvalue weighted by Gasteiger charge is -2.23. The summed E-state index contributed by atoms with van der Waals surface area (Å²) < 4.78 is 4.63. The number of halogens is 1. The van der Waals surface area contributed by atoms with E-state index >= 15 is 0 Å². The second-order valence-electron chi connectivity index (χ2n) is 4.84. The summed E-state index contributed by atoms with van der Waals surface area (Å²) in [7, 11) is 3.28. The van der Waals surface area contributed by atoms with Crippen molar-refractivity contribution in [2.45, 2.75) is 19.0 Å². The Balaban J connectivity index is 2.10. The standard InChI is InChI=1S/C14H20ClN3O2/c1-16-8-11-12(15)4-3-5-13(11)18-7-6-10(9-18)17-14(19)20-2/h3-5,10,16H,6-9H2,1-2H3,(H,17,19). The Morgan fingerprint density at radius 1 is 1.55 bits per heavy atom. The van der Waals surface area contributed by atoms with E-state index in [4.69, 9.17) is 11.6 Å². The van der Waals surface area contributed by atoms with Gasteiger partial charge in [-0.05, 0) is 25.6 Å². The number of rotatable bonds is 4. The second-order valence-corrected chi connectivity index (χ2v) is 5.24. The number of methoxy groups -OCH3 is 1. The van der Waals surface area contributed by atoms with E-state index in [-0.39, 0.29) is 12.1 Å². The molecule has 110 valence electrons. The zero-order valence-corrected chi connectivity index (χ0v) is 12.5. The van der Waals surface area contributed by atoms with E-state index in [0.29, 0.717) is 0 Å². The molecule has 0 spiro atoms. The van der Waals surface area contributed by atoms with Crippen molar-refractivity contribution >= 4 is 23.4 Å². The number of alkyl carbamates (subject to hydrolysis) is 1. The summed E-state index contributed by atoms with van der Waals surface area (Å²) in [4.78, 5) is 13.5. The highest BCUT2D eigenvalue weighted by Gasteiger charge is 2.26. The third kappa shape index (κ3) is 3.35. The topological polar surface area (TPSA) is 53.6 Å². The number of hydrogen-bond acceptors (Lipinski definition) is 4. The molecular formula is C14H20ClN3O2. The van der Waals surface area contributed by atoms with Crippen LogP contribution in [0.15, 0.2) is 18.2 Å². The van der Waals surface area contributed by atoms with Crippen LogP contribution in [0.1, 0.15) is 12.0 Å². The molecule has 1 aliphatic rings. The maximum atomic E-state index is 11.3. The number of carbonyl (C=O) groups excluding carboxylic acids is 1. The van der Waals surface area contributed by atoms with Crippen LogP contribution in [0.3, 0.4) is 0 Å². The fourth-order valence-corrected chi connectivity index (χ4v) is 2.75. The van der Waals surface area contributed by atoms with Gasteiger partial charge in [0.2, 0.25) is 0 Å². The Labute approximate surface area is 124 Å². The molecule has 1 aliphatic heterocycles. The van der Waals surface area contributed by atoms with Gasteiger partial charge >= 0.3 is 6.09 Å². The van der Waals surface area contributed by atoms with Gasteiger partial charge in [-0.2, -0.15) is 0 Å². The molecular weight excluding hydrogens is 278 g/mol. The number of carbonyl (C=O) groups is 1. The third-order valence-electron chi connectivity index (χ3n) is 3.48. The molecule has 0 radical (unpaired) electrons. The minimum Gasteiger partial charge on any atom is -0.453 e. The van der Waals surface area contributed by atoms with E-state index in [1.165, 1.54) is 7.11 Å². The van der Waals surface area contributed by atoms with Crippen LogP contribution in [-0.4, -0.2) is 39.4 Å². The average molecular weight is 298 g/mol. The van der Waals surface area contributed by atoms with Gasteiger partial charge in [-0.1, -0.05) is 17.7 Å². The summed E-state index contributed by atoms with van der Waals surface area (Å²) in [5.74, 6) is 0. The van der Waals surface area contributed by atoms with E-state index in [0.717, 1.165) is 42.3 Å². The van der Waals surface area contributed by atoms with Gasteiger partial charge in [-0.3, -0.25) is 0 Å². The minimum absolute atomic E-state index is 0.115. The van der Waals surface area contributed by atoms with E-state index in [9.17, 15) is 4.79 Å². The lowest BCUT2D eigenvalue weighted by Crippen LogP contribution is -2.37. The summed E-state index contributed by atoms with van der Waals surface area (Å²) in [6, 6.07) is 6.04. The van der Waals surface area contributed by atoms with Crippen LogP contribution in [0.2, 0.25) is 5.02 Å². The first kappa shape index (κ1) is 14.9. The largest absolute Gasteiger partial charge is 0.453 e. The molecule has 0 bridgehead atoms. The number of benzene rings is 1. The zero-order chi connectivity index (χ0) is 14.5. The Hall–Kier alpha value is -1.46. The number of nitrogens with one attached hydrogen (secondary N) is 2. The average Bonchev–Trinajstić information content (AvgIpc) is 2.89. The maximum Gasteiger partial charge on any atom is 0.407 e. The first-order valence-corrected chi connectivity index (χ1v) is 7.05. The predicted octanol–water partition coefficient (Wildman–Crippen LogP) is 1.99. The lowest BCUT2D eigenvalue weighted by atomic mass is 10.1. The van der Waals surface area contributed by atoms with Gasteiger partial charge in [0, 0.05) is 35.9 Å². The molecule has 1 saturated heterocycles. The van der Waals surface area contributed by atoms with E-state index in [2.05, 4.69) is 26.3 Å². The van der Waals surface area contributed by atoms with Crippen LogP contribution in [-0.2, 0) is 11.3 Å². The number of anilines is 1. The molecule has 2 N–H and O–H groups in total. The predicted molar refractivity (Wildman–Crippen MR) is 80.4 cm³/mol. The van der Waals surface area contributed by atoms with Crippen molar-refractivity contribution < 1.29 is 9.53 Å². The maximum absolute atomic E-state index is 11.3. The van der Waals surface area contributed by atoms with Crippen LogP contribution in [0.5, 0.6) is 0 Å². The van der Waals surface area contributed by atoms with Gasteiger partial charge in [0.25, 0.3) is 0 Å². The normalized spacial score (nSPS) is 18.1. The van der Waals surface area contributed by atoms with Gasteiger partial charge in [0.1, 0.15) is 0 Å². The summed E-state index contributed by atoms with van der Waals surface area (Å²) in [6.07, 6.45) is 0.527. The second kappa shape index (κ2) is 6.81. The van der Waals surface area contributed by atoms with Crippen molar-refractivity contribution in [3.05, 3.63) is 28.8 Å². The van der Waals surface area contributed by atoms with Gasteiger partial charge in [-0.25, -0.2) is 4.79 Å². The van der Waals surface area contributed by atoms with Crippen LogP contribution < -0.4 is 15.5 Å². The molecule has 1 amide bonds. The van der Waals surface area contributed by atoms with Gasteiger partial charge in [0.05, 0.1) is 13.2 Å². The van der Waals surface area contributed by atoms with Crippen molar-refractivity contribution in [1.82, 2.24) is 10.6 Å². The van der Waals surface area contributed by atoms with Crippen molar-refractivity contribution in [1.29, 1.82) is 0 Å². The molecule has 0 aliphatic carbocycles. The molecule has 1 atom stereocenters. The molecule has 5 nitrogen and oxygen atoms in total. The quantitative estimate of drug-likeness (QED) is 0.892. The highest BCUT2D eigenvalue weighted by atomic mass is 35.5. The molecule has 0 saturated carbocycles. The Morgan fingerprint density at radius 3 is 3.05 bits per heavy atom. The SMILES string of the molecule is CNCc1c(Cl)cccc1N1CCC(NC(=O)OC)C1. The van der Waals surface area contributed by atoms with Crippen molar-refractivity contribution in [2.75, 3.05) is 32.1 Å². The highest BCUT2D eigenvalue weighted by molar-refractivity contribution is 6.31. The van der Waals surface area contributed by atoms with Crippen molar-refractivity contribution in [2.24, 2.45) is 0 Å². The van der Waals surface area contributed by atoms with Crippen molar-refractivity contribution in [3.63, 3.8) is 0 Å². The Bertz CT molecular complexity index is 481. The fourth-order valence-electron chi connectivity index (χ4n) is 2.52. The van der Waals surface area contributed by atoms with E-state index < -0.39 is 0 Å². The summed E-state index contributed by atoms with van der Waals surface area (Å²) in [6.45, 7) is 2.39. The number of hydrogen-bond donors (Lipinski definition) is 2. The Kier molecular flexibility index (Phi) is 5.09. The summed E-state index contributed by atoms with van der Waals surface area (Å²) in [5, 5.41) is 6.75. The van der Waals surface area contributed by atoms with Gasteiger partial charge in [-0.15, -0.1) is 0 Å². The lowest BCUT2D eigenvalue weighted by molar-refractivity contribution is 0.167. The summed E-state index contributed by atoms with van der Waals surface area (Å²) in [5.41, 5.74) is 2.22. The molecule has 20 heavy (non-hydrogen) atoms. The first-order valence-electron chi connectivity index (χ1n) is 6.67. The van der Waals surface area contributed by atoms with Gasteiger partial charge < -0.3 is 20.3 Å². The van der Waals surface area contributed by atoms with E-state index in [1.807, 2.05) is 19.2 Å². The fraction of sp³-hybridized carbons (Fsp3) is 0.500. The van der Waals surface area contributed by atoms with Crippen LogP contribution in [0.25, 0.3) is 0 Å². The van der Waals surface area contributed by atoms with Crippen LogP contribution >= 0.6 is 11.6 Å². The monoisotopic (exact) mass is 297 g/mol. The number of nitrogens with zero attached hydrogens (tertiary/aromatic N) is 1. The first-order chi connectivity index (χ1) is 9.65.